The highest BCUT2D eigenvalue weighted by Gasteiger charge is 2.19. The van der Waals surface area contributed by atoms with Gasteiger partial charge >= 0.3 is 0 Å². The van der Waals surface area contributed by atoms with Gasteiger partial charge in [0.2, 0.25) is 0 Å². The van der Waals surface area contributed by atoms with Gasteiger partial charge in [-0.1, -0.05) is 12.2 Å². The summed E-state index contributed by atoms with van der Waals surface area (Å²) >= 11 is 4.73. The Labute approximate surface area is 65.8 Å². The van der Waals surface area contributed by atoms with Crippen LogP contribution in [-0.2, 0) is 0 Å². The lowest BCUT2D eigenvalue weighted by Crippen LogP contribution is -2.31. The molecular formula is C6H12N2OS. The maximum Gasteiger partial charge on any atom is 0.0870 e. The van der Waals surface area contributed by atoms with Gasteiger partial charge in [-0.2, -0.15) is 0 Å². The number of nitrogens with zero attached hydrogens (tertiary/aromatic N) is 1. The monoisotopic (exact) mass is 160 g/mol. The van der Waals surface area contributed by atoms with Crippen LogP contribution in [0.25, 0.3) is 0 Å². The van der Waals surface area contributed by atoms with Gasteiger partial charge in [-0.05, 0) is 6.42 Å². The molecule has 0 aromatic carbocycles. The summed E-state index contributed by atoms with van der Waals surface area (Å²) in [5.41, 5.74) is 5.33. The second-order valence-electron chi connectivity index (χ2n) is 2.64. The van der Waals surface area contributed by atoms with Crippen molar-refractivity contribution >= 4 is 17.2 Å². The van der Waals surface area contributed by atoms with Crippen molar-refractivity contribution in [3.8, 4) is 0 Å². The summed E-state index contributed by atoms with van der Waals surface area (Å²) in [6, 6.07) is 0. The number of aliphatic hydroxyl groups excluding tert-OH is 1. The fourth-order valence-corrected chi connectivity index (χ4v) is 1.36. The van der Waals surface area contributed by atoms with E-state index in [1.165, 1.54) is 0 Å². The number of β-amino-alcohol motifs (C(OH)–C–C–N with tert-alkyl or cyclic N) is 1. The number of aliphatic hydroxyl groups is 1. The Bertz CT molecular complexity index is 140. The molecule has 3 nitrogen and oxygen atoms in total. The number of hydrogen-bond donors (Lipinski definition) is 2. The van der Waals surface area contributed by atoms with Crippen LogP contribution in [0.1, 0.15) is 6.42 Å². The summed E-state index contributed by atoms with van der Waals surface area (Å²) in [6.45, 7) is 2.28. The van der Waals surface area contributed by atoms with E-state index >= 15 is 0 Å². The Hall–Kier alpha value is -0.190. The van der Waals surface area contributed by atoms with Gasteiger partial charge in [0.15, 0.2) is 0 Å². The summed E-state index contributed by atoms with van der Waals surface area (Å²) in [7, 11) is 0. The van der Waals surface area contributed by atoms with Crippen molar-refractivity contribution in [2.45, 2.75) is 12.5 Å². The average Bonchev–Trinajstić information content (AvgIpc) is 2.13. The Kier molecular flexibility index (Phi) is 2.59. The van der Waals surface area contributed by atoms with Gasteiger partial charge < -0.3 is 10.8 Å². The number of thiocarbonyl (C=S) groups is 1. The zero-order chi connectivity index (χ0) is 7.56. The third kappa shape index (κ3) is 2.21. The molecule has 1 rings (SSSR count). The van der Waals surface area contributed by atoms with Crippen LogP contribution in [0, 0.1) is 0 Å². The van der Waals surface area contributed by atoms with Gasteiger partial charge in [-0.25, -0.2) is 0 Å². The van der Waals surface area contributed by atoms with Crippen molar-refractivity contribution in [3.63, 3.8) is 0 Å². The van der Waals surface area contributed by atoms with Gasteiger partial charge in [0.25, 0.3) is 0 Å². The number of hydrogen-bond acceptors (Lipinski definition) is 3. The first-order valence-electron chi connectivity index (χ1n) is 3.37. The van der Waals surface area contributed by atoms with E-state index < -0.39 is 0 Å². The molecular weight excluding hydrogens is 148 g/mol. The molecule has 1 atom stereocenters. The molecule has 0 amide bonds. The van der Waals surface area contributed by atoms with Crippen LogP contribution in [0.15, 0.2) is 0 Å². The van der Waals surface area contributed by atoms with Crippen molar-refractivity contribution in [3.05, 3.63) is 0 Å². The number of likely N-dealkylation sites (tertiary alicyclic amines) is 1. The highest BCUT2D eigenvalue weighted by molar-refractivity contribution is 7.80. The summed E-state index contributed by atoms with van der Waals surface area (Å²) < 4.78 is 0. The van der Waals surface area contributed by atoms with E-state index in [0.29, 0.717) is 11.5 Å². The van der Waals surface area contributed by atoms with Crippen LogP contribution < -0.4 is 5.73 Å². The quantitative estimate of drug-likeness (QED) is 0.526. The lowest BCUT2D eigenvalue weighted by Gasteiger charge is -2.12. The normalized spacial score (nSPS) is 27.1. The van der Waals surface area contributed by atoms with Gasteiger partial charge in [0, 0.05) is 19.6 Å². The fraction of sp³-hybridized carbons (Fsp3) is 0.833. The second kappa shape index (κ2) is 3.27. The smallest absolute Gasteiger partial charge is 0.0870 e. The highest BCUT2D eigenvalue weighted by Crippen LogP contribution is 2.07. The SMILES string of the molecule is NC(=S)CN1CC[C@H](O)C1. The topological polar surface area (TPSA) is 49.5 Å². The van der Waals surface area contributed by atoms with Gasteiger partial charge in [-0.3, -0.25) is 4.90 Å². The van der Waals surface area contributed by atoms with E-state index in [0.717, 1.165) is 19.5 Å². The lowest BCUT2D eigenvalue weighted by molar-refractivity contribution is 0.180. The van der Waals surface area contributed by atoms with Crippen molar-refractivity contribution in [1.29, 1.82) is 0 Å². The van der Waals surface area contributed by atoms with E-state index in [1.54, 1.807) is 0 Å². The van der Waals surface area contributed by atoms with E-state index in [1.807, 2.05) is 0 Å². The van der Waals surface area contributed by atoms with Gasteiger partial charge in [0.05, 0.1) is 11.1 Å². The van der Waals surface area contributed by atoms with Crippen LogP contribution in [0.4, 0.5) is 0 Å². The zero-order valence-electron chi connectivity index (χ0n) is 5.79. The Morgan fingerprint density at radius 3 is 2.90 bits per heavy atom. The Balaban J connectivity index is 2.24. The molecule has 0 unspecified atom stereocenters. The summed E-state index contributed by atoms with van der Waals surface area (Å²) in [5, 5.41) is 9.09. The average molecular weight is 160 g/mol. The first-order chi connectivity index (χ1) is 4.68. The molecule has 0 aromatic heterocycles. The molecule has 0 aliphatic carbocycles. The first-order valence-corrected chi connectivity index (χ1v) is 3.78. The second-order valence-corrected chi connectivity index (χ2v) is 3.17. The first kappa shape index (κ1) is 7.91. The van der Waals surface area contributed by atoms with E-state index in [2.05, 4.69) is 4.90 Å². The zero-order valence-corrected chi connectivity index (χ0v) is 6.60. The lowest BCUT2D eigenvalue weighted by atomic mass is 10.3. The summed E-state index contributed by atoms with van der Waals surface area (Å²) in [4.78, 5) is 2.57. The Morgan fingerprint density at radius 1 is 1.80 bits per heavy atom. The third-order valence-corrected chi connectivity index (χ3v) is 1.76. The van der Waals surface area contributed by atoms with Crippen molar-refractivity contribution in [1.82, 2.24) is 4.90 Å². The maximum absolute atomic E-state index is 9.09. The molecule has 0 bridgehead atoms. The number of nitrogens with two attached hydrogens (primary N) is 1. The largest absolute Gasteiger partial charge is 0.392 e. The minimum Gasteiger partial charge on any atom is -0.392 e. The van der Waals surface area contributed by atoms with Crippen LogP contribution >= 0.6 is 12.2 Å². The van der Waals surface area contributed by atoms with Crippen molar-refractivity contribution in [2.24, 2.45) is 5.73 Å². The number of rotatable bonds is 2. The molecule has 1 fully saturated rings. The minimum atomic E-state index is -0.172. The molecule has 1 aliphatic rings. The van der Waals surface area contributed by atoms with Crippen LogP contribution in [0.2, 0.25) is 0 Å². The van der Waals surface area contributed by atoms with Gasteiger partial charge in [-0.15, -0.1) is 0 Å². The van der Waals surface area contributed by atoms with Crippen LogP contribution in [0.3, 0.4) is 0 Å². The van der Waals surface area contributed by atoms with Crippen molar-refractivity contribution in [2.75, 3.05) is 19.6 Å². The van der Waals surface area contributed by atoms with Crippen molar-refractivity contribution < 1.29 is 5.11 Å². The van der Waals surface area contributed by atoms with Gasteiger partial charge in [0.1, 0.15) is 0 Å². The molecule has 0 spiro atoms. The standard InChI is InChI=1S/C6H12N2OS/c7-6(10)4-8-2-1-5(9)3-8/h5,9H,1-4H2,(H2,7,10)/t5-/m0/s1. The fourth-order valence-electron chi connectivity index (χ4n) is 1.18. The summed E-state index contributed by atoms with van der Waals surface area (Å²) in [6.07, 6.45) is 0.678. The summed E-state index contributed by atoms with van der Waals surface area (Å²) in [5.74, 6) is 0. The van der Waals surface area contributed by atoms with E-state index in [4.69, 9.17) is 23.1 Å². The molecule has 10 heavy (non-hydrogen) atoms. The minimum absolute atomic E-state index is 0.172. The van der Waals surface area contributed by atoms with Crippen LogP contribution in [-0.4, -0.2) is 40.7 Å². The molecule has 0 aromatic rings. The molecule has 1 aliphatic heterocycles. The highest BCUT2D eigenvalue weighted by atomic mass is 32.1. The Morgan fingerprint density at radius 2 is 2.50 bits per heavy atom. The molecule has 1 saturated heterocycles. The molecule has 1 heterocycles. The molecule has 0 radical (unpaired) electrons. The van der Waals surface area contributed by atoms with E-state index in [-0.39, 0.29) is 6.10 Å². The molecule has 0 saturated carbocycles. The third-order valence-electron chi connectivity index (χ3n) is 1.63. The maximum atomic E-state index is 9.09. The predicted octanol–water partition coefficient (Wildman–Crippen LogP) is -0.661. The molecule has 4 heteroatoms. The molecule has 3 N–H and O–H groups in total. The molecule has 58 valence electrons. The van der Waals surface area contributed by atoms with Crippen LogP contribution in [0.5, 0.6) is 0 Å². The predicted molar refractivity (Wildman–Crippen MR) is 43.8 cm³/mol. The van der Waals surface area contributed by atoms with E-state index in [9.17, 15) is 0 Å².